The van der Waals surface area contributed by atoms with Gasteiger partial charge in [0.15, 0.2) is 0 Å². The van der Waals surface area contributed by atoms with E-state index >= 15 is 0 Å². The molecule has 1 rings (SSSR count). The smallest absolute Gasteiger partial charge is 0.113 e. The Morgan fingerprint density at radius 3 is 2.31 bits per heavy atom. The molecule has 0 aromatic carbocycles. The van der Waals surface area contributed by atoms with Crippen molar-refractivity contribution in [2.24, 2.45) is 11.7 Å². The number of hydrogen-bond acceptors (Lipinski definition) is 3. The molecule has 0 spiro atoms. The van der Waals surface area contributed by atoms with Gasteiger partial charge in [-0.15, -0.1) is 11.3 Å². The molecule has 2 nitrogen and oxygen atoms in total. The third kappa shape index (κ3) is 2.64. The summed E-state index contributed by atoms with van der Waals surface area (Å²) in [6.07, 6.45) is 1.08. The van der Waals surface area contributed by atoms with E-state index in [2.05, 4.69) is 46.9 Å². The Morgan fingerprint density at radius 1 is 1.38 bits per heavy atom. The Hall–Kier alpha value is -0.410. The number of aromatic nitrogens is 1. The zero-order valence-electron chi connectivity index (χ0n) is 11.3. The summed E-state index contributed by atoms with van der Waals surface area (Å²) in [6.45, 7) is 13.0. The van der Waals surface area contributed by atoms with E-state index in [4.69, 9.17) is 10.7 Å². The van der Waals surface area contributed by atoms with Gasteiger partial charge in [0.05, 0.1) is 11.2 Å². The van der Waals surface area contributed by atoms with E-state index in [9.17, 15) is 0 Å². The SMILES string of the molecule is CCC(C)C(C)(N)c1nc(C(C)(C)C)cs1. The van der Waals surface area contributed by atoms with E-state index < -0.39 is 0 Å². The third-order valence-corrected chi connectivity index (χ3v) is 4.46. The van der Waals surface area contributed by atoms with Crippen LogP contribution in [0.4, 0.5) is 0 Å². The molecule has 92 valence electrons. The highest BCUT2D eigenvalue weighted by atomic mass is 32.1. The van der Waals surface area contributed by atoms with Gasteiger partial charge in [0.2, 0.25) is 0 Å². The Bertz CT molecular complexity index is 347. The molecule has 0 aliphatic rings. The molecule has 2 atom stereocenters. The highest BCUT2D eigenvalue weighted by Gasteiger charge is 2.31. The topological polar surface area (TPSA) is 38.9 Å². The van der Waals surface area contributed by atoms with E-state index in [-0.39, 0.29) is 11.0 Å². The lowest BCUT2D eigenvalue weighted by atomic mass is 9.86. The maximum atomic E-state index is 6.40. The summed E-state index contributed by atoms with van der Waals surface area (Å²) in [7, 11) is 0. The van der Waals surface area contributed by atoms with Gasteiger partial charge in [0.1, 0.15) is 5.01 Å². The Kier molecular flexibility index (Phi) is 3.80. The largest absolute Gasteiger partial charge is 0.319 e. The molecule has 1 heterocycles. The van der Waals surface area contributed by atoms with Gasteiger partial charge in [-0.25, -0.2) is 4.98 Å². The highest BCUT2D eigenvalue weighted by Crippen LogP contribution is 2.33. The molecule has 0 aliphatic heterocycles. The molecular weight excluding hydrogens is 216 g/mol. The normalized spacial score (nSPS) is 18.2. The van der Waals surface area contributed by atoms with Crippen molar-refractivity contribution in [2.45, 2.75) is 58.9 Å². The molecule has 0 saturated heterocycles. The van der Waals surface area contributed by atoms with Crippen LogP contribution in [0, 0.1) is 5.92 Å². The van der Waals surface area contributed by atoms with Crippen LogP contribution in [0.15, 0.2) is 5.38 Å². The monoisotopic (exact) mass is 240 g/mol. The van der Waals surface area contributed by atoms with Crippen LogP contribution in [0.3, 0.4) is 0 Å². The second-order valence-corrected chi connectivity index (χ2v) is 6.74. The molecule has 0 amide bonds. The number of nitrogens with two attached hydrogens (primary N) is 1. The molecule has 1 aromatic rings. The second-order valence-electron chi connectivity index (χ2n) is 5.88. The molecule has 1 aromatic heterocycles. The molecule has 0 fully saturated rings. The molecule has 2 unspecified atom stereocenters. The summed E-state index contributed by atoms with van der Waals surface area (Å²) in [5, 5.41) is 3.20. The minimum Gasteiger partial charge on any atom is -0.319 e. The fourth-order valence-corrected chi connectivity index (χ4v) is 2.74. The van der Waals surface area contributed by atoms with E-state index in [0.717, 1.165) is 17.1 Å². The van der Waals surface area contributed by atoms with Crippen LogP contribution >= 0.6 is 11.3 Å². The van der Waals surface area contributed by atoms with Crippen LogP contribution in [0.2, 0.25) is 0 Å². The number of hydrogen-bond donors (Lipinski definition) is 1. The lowest BCUT2D eigenvalue weighted by molar-refractivity contribution is 0.314. The van der Waals surface area contributed by atoms with Crippen LogP contribution < -0.4 is 5.73 Å². The van der Waals surface area contributed by atoms with E-state index in [0.29, 0.717) is 5.92 Å². The molecule has 3 heteroatoms. The van der Waals surface area contributed by atoms with Gasteiger partial charge < -0.3 is 5.73 Å². The summed E-state index contributed by atoms with van der Waals surface area (Å²) in [5.74, 6) is 0.450. The van der Waals surface area contributed by atoms with Gasteiger partial charge >= 0.3 is 0 Å². The first-order chi connectivity index (χ1) is 7.19. The van der Waals surface area contributed by atoms with Gasteiger partial charge in [-0.05, 0) is 12.8 Å². The van der Waals surface area contributed by atoms with E-state index in [1.54, 1.807) is 11.3 Å². The van der Waals surface area contributed by atoms with Crippen LogP contribution in [0.25, 0.3) is 0 Å². The van der Waals surface area contributed by atoms with Gasteiger partial charge in [-0.3, -0.25) is 0 Å². The van der Waals surface area contributed by atoms with E-state index in [1.807, 2.05) is 0 Å². The van der Waals surface area contributed by atoms with Crippen molar-refractivity contribution in [2.75, 3.05) is 0 Å². The standard InChI is InChI=1S/C13H24N2S/c1-7-9(2)13(6,14)11-15-10(8-16-11)12(3,4)5/h8-9H,7,14H2,1-6H3. The summed E-state index contributed by atoms with van der Waals surface area (Å²) < 4.78 is 0. The first kappa shape index (κ1) is 13.7. The van der Waals surface area contributed by atoms with Crippen molar-refractivity contribution in [3.63, 3.8) is 0 Å². The molecule has 0 bridgehead atoms. The Labute approximate surface area is 103 Å². The summed E-state index contributed by atoms with van der Waals surface area (Å²) in [6, 6.07) is 0. The summed E-state index contributed by atoms with van der Waals surface area (Å²) >= 11 is 1.69. The number of nitrogens with zero attached hydrogens (tertiary/aromatic N) is 1. The fraction of sp³-hybridized carbons (Fsp3) is 0.769. The van der Waals surface area contributed by atoms with Crippen molar-refractivity contribution in [3.05, 3.63) is 16.1 Å². The molecule has 16 heavy (non-hydrogen) atoms. The van der Waals surface area contributed by atoms with Crippen molar-refractivity contribution in [3.8, 4) is 0 Å². The van der Waals surface area contributed by atoms with Crippen LogP contribution in [0.5, 0.6) is 0 Å². The van der Waals surface area contributed by atoms with Crippen molar-refractivity contribution in [1.82, 2.24) is 4.98 Å². The number of thiazole rings is 1. The van der Waals surface area contributed by atoms with Gasteiger partial charge in [0.25, 0.3) is 0 Å². The average Bonchev–Trinajstić information content (AvgIpc) is 2.64. The average molecular weight is 240 g/mol. The first-order valence-electron chi connectivity index (χ1n) is 5.95. The van der Waals surface area contributed by atoms with Crippen LogP contribution in [-0.2, 0) is 11.0 Å². The predicted molar refractivity (Wildman–Crippen MR) is 71.8 cm³/mol. The quantitative estimate of drug-likeness (QED) is 0.875. The fourth-order valence-electron chi connectivity index (χ4n) is 1.50. The van der Waals surface area contributed by atoms with Crippen molar-refractivity contribution >= 4 is 11.3 Å². The van der Waals surface area contributed by atoms with Gasteiger partial charge in [0, 0.05) is 10.8 Å². The lowest BCUT2D eigenvalue weighted by Crippen LogP contribution is -2.39. The molecular formula is C13H24N2S. The van der Waals surface area contributed by atoms with Crippen LogP contribution in [0.1, 0.15) is 58.7 Å². The predicted octanol–water partition coefficient (Wildman–Crippen LogP) is 3.66. The van der Waals surface area contributed by atoms with Crippen molar-refractivity contribution < 1.29 is 0 Å². The highest BCUT2D eigenvalue weighted by molar-refractivity contribution is 7.09. The maximum absolute atomic E-state index is 6.40. The zero-order chi connectivity index (χ0) is 12.6. The second kappa shape index (κ2) is 4.46. The molecule has 2 N–H and O–H groups in total. The third-order valence-electron chi connectivity index (χ3n) is 3.37. The molecule has 0 radical (unpaired) electrons. The van der Waals surface area contributed by atoms with Gasteiger partial charge in [-0.2, -0.15) is 0 Å². The zero-order valence-corrected chi connectivity index (χ0v) is 12.1. The van der Waals surface area contributed by atoms with Crippen LogP contribution in [-0.4, -0.2) is 4.98 Å². The molecule has 0 aliphatic carbocycles. The summed E-state index contributed by atoms with van der Waals surface area (Å²) in [5.41, 5.74) is 7.35. The van der Waals surface area contributed by atoms with E-state index in [1.165, 1.54) is 0 Å². The number of rotatable bonds is 3. The summed E-state index contributed by atoms with van der Waals surface area (Å²) in [4.78, 5) is 4.72. The lowest BCUT2D eigenvalue weighted by Gasteiger charge is -2.29. The minimum atomic E-state index is -0.303. The Morgan fingerprint density at radius 2 is 1.94 bits per heavy atom. The molecule has 0 saturated carbocycles. The van der Waals surface area contributed by atoms with Gasteiger partial charge in [-0.1, -0.05) is 41.0 Å². The maximum Gasteiger partial charge on any atom is 0.113 e. The van der Waals surface area contributed by atoms with Crippen molar-refractivity contribution in [1.29, 1.82) is 0 Å². The first-order valence-corrected chi connectivity index (χ1v) is 6.83. The Balaban J connectivity index is 3.02. The minimum absolute atomic E-state index is 0.111.